The molecule has 7 heteroatoms. The zero-order valence-corrected chi connectivity index (χ0v) is 12.5. The predicted octanol–water partition coefficient (Wildman–Crippen LogP) is 2.15. The number of anilines is 1. The molecule has 2 aromatic rings. The van der Waals surface area contributed by atoms with Gasteiger partial charge in [-0.1, -0.05) is 11.8 Å². The summed E-state index contributed by atoms with van der Waals surface area (Å²) >= 11 is 2.92. The highest BCUT2D eigenvalue weighted by Gasteiger charge is 2.10. The van der Waals surface area contributed by atoms with Gasteiger partial charge in [0.25, 0.3) is 0 Å². The quantitative estimate of drug-likeness (QED) is 0.628. The van der Waals surface area contributed by atoms with Crippen LogP contribution in [0.5, 0.6) is 0 Å². The van der Waals surface area contributed by atoms with Gasteiger partial charge in [0.1, 0.15) is 10.6 Å². The molecule has 0 spiro atoms. The number of fused-ring (bicyclic) bond motifs is 1. The second-order valence-electron chi connectivity index (χ2n) is 4.38. The van der Waals surface area contributed by atoms with E-state index in [1.807, 2.05) is 25.3 Å². The molecule has 0 saturated carbocycles. The number of aromatic nitrogens is 2. The molecule has 104 valence electrons. The Morgan fingerprint density at radius 2 is 2.26 bits per heavy atom. The van der Waals surface area contributed by atoms with Gasteiger partial charge in [-0.3, -0.25) is 0 Å². The molecule has 1 unspecified atom stereocenters. The SMILES string of the molecule is CC(C)OCC(O)CSc1nc(N)c2ccsc2n1. The van der Waals surface area contributed by atoms with Crippen LogP contribution in [0.15, 0.2) is 16.6 Å². The molecule has 1 atom stereocenters. The molecule has 0 aliphatic rings. The van der Waals surface area contributed by atoms with E-state index in [0.717, 1.165) is 10.2 Å². The number of nitrogens with zero attached hydrogens (tertiary/aromatic N) is 2. The molecule has 0 saturated heterocycles. The summed E-state index contributed by atoms with van der Waals surface area (Å²) in [7, 11) is 0. The van der Waals surface area contributed by atoms with Crippen molar-refractivity contribution in [3.63, 3.8) is 0 Å². The number of nitrogen functional groups attached to an aromatic ring is 1. The molecular weight excluding hydrogens is 282 g/mol. The monoisotopic (exact) mass is 299 g/mol. The molecular formula is C12H17N3O2S2. The van der Waals surface area contributed by atoms with Crippen LogP contribution in [0.3, 0.4) is 0 Å². The second-order valence-corrected chi connectivity index (χ2v) is 6.26. The van der Waals surface area contributed by atoms with Crippen molar-refractivity contribution in [1.29, 1.82) is 0 Å². The van der Waals surface area contributed by atoms with Crippen molar-refractivity contribution in [2.24, 2.45) is 0 Å². The zero-order valence-electron chi connectivity index (χ0n) is 10.9. The fourth-order valence-electron chi connectivity index (χ4n) is 1.44. The highest BCUT2D eigenvalue weighted by molar-refractivity contribution is 7.99. The van der Waals surface area contributed by atoms with Gasteiger partial charge in [0.15, 0.2) is 5.16 Å². The van der Waals surface area contributed by atoms with E-state index in [1.54, 1.807) is 0 Å². The van der Waals surface area contributed by atoms with E-state index in [4.69, 9.17) is 10.5 Å². The van der Waals surface area contributed by atoms with E-state index in [1.165, 1.54) is 23.1 Å². The maximum atomic E-state index is 9.77. The lowest BCUT2D eigenvalue weighted by Gasteiger charge is -2.12. The van der Waals surface area contributed by atoms with E-state index in [-0.39, 0.29) is 6.10 Å². The lowest BCUT2D eigenvalue weighted by atomic mass is 10.4. The van der Waals surface area contributed by atoms with Crippen molar-refractivity contribution >= 4 is 39.1 Å². The molecule has 5 nitrogen and oxygen atoms in total. The van der Waals surface area contributed by atoms with E-state index < -0.39 is 6.10 Å². The third-order valence-electron chi connectivity index (χ3n) is 2.36. The van der Waals surface area contributed by atoms with Crippen LogP contribution in [0.2, 0.25) is 0 Å². The number of thiophene rings is 1. The Bertz CT molecular complexity index is 545. The fourth-order valence-corrected chi connectivity index (χ4v) is 3.03. The van der Waals surface area contributed by atoms with Crippen molar-refractivity contribution < 1.29 is 9.84 Å². The first kappa shape index (κ1) is 14.5. The third-order valence-corrected chi connectivity index (χ3v) is 4.16. The van der Waals surface area contributed by atoms with Gasteiger partial charge in [0.2, 0.25) is 0 Å². The largest absolute Gasteiger partial charge is 0.390 e. The maximum Gasteiger partial charge on any atom is 0.190 e. The van der Waals surface area contributed by atoms with E-state index in [9.17, 15) is 5.11 Å². The van der Waals surface area contributed by atoms with Crippen molar-refractivity contribution in [2.75, 3.05) is 18.1 Å². The smallest absolute Gasteiger partial charge is 0.190 e. The lowest BCUT2D eigenvalue weighted by Crippen LogP contribution is -2.20. The molecule has 2 aromatic heterocycles. The van der Waals surface area contributed by atoms with E-state index in [0.29, 0.717) is 23.3 Å². The molecule has 3 N–H and O–H groups in total. The summed E-state index contributed by atoms with van der Waals surface area (Å²) in [5.74, 6) is 0.977. The van der Waals surface area contributed by atoms with Gasteiger partial charge < -0.3 is 15.6 Å². The minimum absolute atomic E-state index is 0.119. The second kappa shape index (κ2) is 6.51. The van der Waals surface area contributed by atoms with Gasteiger partial charge in [-0.05, 0) is 25.3 Å². The number of thioether (sulfide) groups is 1. The molecule has 2 rings (SSSR count). The first-order chi connectivity index (χ1) is 9.06. The minimum atomic E-state index is -0.531. The molecule has 0 bridgehead atoms. The standard InChI is InChI=1S/C12H17N3O2S2/c1-7(2)17-5-8(16)6-19-12-14-10(13)9-3-4-18-11(9)15-12/h3-4,7-8,16H,5-6H2,1-2H3,(H2,13,14,15). The Kier molecular flexibility index (Phi) is 4.98. The van der Waals surface area contributed by atoms with Crippen LogP contribution < -0.4 is 5.73 Å². The summed E-state index contributed by atoms with van der Waals surface area (Å²) < 4.78 is 5.35. The van der Waals surface area contributed by atoms with Crippen molar-refractivity contribution in [3.8, 4) is 0 Å². The van der Waals surface area contributed by atoms with Crippen molar-refractivity contribution in [1.82, 2.24) is 9.97 Å². The Balaban J connectivity index is 1.94. The van der Waals surface area contributed by atoms with Crippen LogP contribution in [0.4, 0.5) is 5.82 Å². The average molecular weight is 299 g/mol. The van der Waals surface area contributed by atoms with Crippen molar-refractivity contribution in [2.45, 2.75) is 31.2 Å². The molecule has 0 amide bonds. The average Bonchev–Trinajstić information content (AvgIpc) is 2.82. The van der Waals surface area contributed by atoms with Crippen LogP contribution in [0, 0.1) is 0 Å². The minimum Gasteiger partial charge on any atom is -0.390 e. The number of hydrogen-bond donors (Lipinski definition) is 2. The van der Waals surface area contributed by atoms with Crippen LogP contribution in [-0.2, 0) is 4.74 Å². The summed E-state index contributed by atoms with van der Waals surface area (Å²) in [5.41, 5.74) is 5.86. The van der Waals surface area contributed by atoms with Crippen molar-refractivity contribution in [3.05, 3.63) is 11.4 Å². The topological polar surface area (TPSA) is 81.3 Å². The van der Waals surface area contributed by atoms with Crippen LogP contribution >= 0.6 is 23.1 Å². The first-order valence-corrected chi connectivity index (χ1v) is 7.86. The van der Waals surface area contributed by atoms with Crippen LogP contribution in [-0.4, -0.2) is 39.6 Å². The molecule has 2 heterocycles. The highest BCUT2D eigenvalue weighted by Crippen LogP contribution is 2.26. The molecule has 0 radical (unpaired) electrons. The van der Waals surface area contributed by atoms with Crippen LogP contribution in [0.1, 0.15) is 13.8 Å². The van der Waals surface area contributed by atoms with Gasteiger partial charge in [0, 0.05) is 5.75 Å². The predicted molar refractivity (Wildman–Crippen MR) is 79.6 cm³/mol. The molecule has 0 aliphatic heterocycles. The summed E-state index contributed by atoms with van der Waals surface area (Å²) in [6, 6.07) is 1.91. The number of hydrogen-bond acceptors (Lipinski definition) is 7. The van der Waals surface area contributed by atoms with Gasteiger partial charge in [0.05, 0.1) is 24.2 Å². The van der Waals surface area contributed by atoms with Gasteiger partial charge in [-0.15, -0.1) is 11.3 Å². The normalized spacial score (nSPS) is 13.3. The van der Waals surface area contributed by atoms with E-state index in [2.05, 4.69) is 9.97 Å². The Labute approximate surface area is 120 Å². The summed E-state index contributed by atoms with van der Waals surface area (Å²) in [6.45, 7) is 4.20. The van der Waals surface area contributed by atoms with Gasteiger partial charge >= 0.3 is 0 Å². The highest BCUT2D eigenvalue weighted by atomic mass is 32.2. The third kappa shape index (κ3) is 4.04. The van der Waals surface area contributed by atoms with E-state index >= 15 is 0 Å². The Hall–Kier alpha value is -0.890. The summed E-state index contributed by atoms with van der Waals surface area (Å²) in [6.07, 6.45) is -0.412. The van der Waals surface area contributed by atoms with Crippen LogP contribution in [0.25, 0.3) is 10.2 Å². The number of aliphatic hydroxyl groups excluding tert-OH is 1. The fraction of sp³-hybridized carbons (Fsp3) is 0.500. The number of ether oxygens (including phenoxy) is 1. The summed E-state index contributed by atoms with van der Waals surface area (Å²) in [5, 5.41) is 13.2. The number of rotatable bonds is 6. The lowest BCUT2D eigenvalue weighted by molar-refractivity contribution is 0.0152. The number of aliphatic hydroxyl groups is 1. The molecule has 0 fully saturated rings. The molecule has 19 heavy (non-hydrogen) atoms. The molecule has 0 aliphatic carbocycles. The first-order valence-electron chi connectivity index (χ1n) is 5.99. The van der Waals surface area contributed by atoms with Gasteiger partial charge in [-0.2, -0.15) is 0 Å². The number of nitrogens with two attached hydrogens (primary N) is 1. The van der Waals surface area contributed by atoms with Gasteiger partial charge in [-0.25, -0.2) is 9.97 Å². The molecule has 0 aromatic carbocycles. The zero-order chi connectivity index (χ0) is 13.8. The summed E-state index contributed by atoms with van der Waals surface area (Å²) in [4.78, 5) is 9.50. The maximum absolute atomic E-state index is 9.77. The Morgan fingerprint density at radius 1 is 1.47 bits per heavy atom. The Morgan fingerprint density at radius 3 is 3.00 bits per heavy atom.